The summed E-state index contributed by atoms with van der Waals surface area (Å²) < 4.78 is 30.9. The molecule has 1 unspecified atom stereocenters. The van der Waals surface area contributed by atoms with Gasteiger partial charge in [-0.2, -0.15) is 0 Å². The van der Waals surface area contributed by atoms with E-state index in [2.05, 4.69) is 21.2 Å². The summed E-state index contributed by atoms with van der Waals surface area (Å²) >= 11 is 3.31. The number of nitrogens with one attached hydrogen (secondary N) is 1. The Balaban J connectivity index is 2.10. The lowest BCUT2D eigenvalue weighted by molar-refractivity contribution is -0.148. The Labute approximate surface area is 186 Å². The van der Waals surface area contributed by atoms with Gasteiger partial charge in [0.2, 0.25) is 5.91 Å². The van der Waals surface area contributed by atoms with E-state index in [9.17, 15) is 18.0 Å². The molecule has 1 atom stereocenters. The third kappa shape index (κ3) is 8.28. The first-order valence-corrected chi connectivity index (χ1v) is 12.2. The molecule has 8 heteroatoms. The number of amides is 1. The monoisotopic (exact) mass is 495 g/mol. The van der Waals surface area contributed by atoms with Gasteiger partial charge in [0.15, 0.2) is 9.84 Å². The molecule has 0 aliphatic heterocycles. The molecule has 30 heavy (non-hydrogen) atoms. The predicted molar refractivity (Wildman–Crippen MR) is 120 cm³/mol. The third-order valence-corrected chi connectivity index (χ3v) is 6.15. The molecule has 0 fully saturated rings. The minimum atomic E-state index is -3.68. The van der Waals surface area contributed by atoms with Gasteiger partial charge < -0.3 is 10.1 Å². The molecule has 1 N–H and O–H groups in total. The lowest BCUT2D eigenvalue weighted by Crippen LogP contribution is -2.35. The Hall–Kier alpha value is -2.19. The van der Waals surface area contributed by atoms with Crippen molar-refractivity contribution in [3.05, 3.63) is 69.7 Å². The lowest BCUT2D eigenvalue weighted by Gasteiger charge is -2.20. The number of benzene rings is 2. The van der Waals surface area contributed by atoms with Crippen LogP contribution in [0.2, 0.25) is 0 Å². The average Bonchev–Trinajstić information content (AvgIpc) is 2.60. The lowest BCUT2D eigenvalue weighted by atomic mass is 10.0. The van der Waals surface area contributed by atoms with Gasteiger partial charge in [0.05, 0.1) is 24.3 Å². The smallest absolute Gasteiger partial charge is 0.308 e. The third-order valence-electron chi connectivity index (χ3n) is 4.18. The van der Waals surface area contributed by atoms with Crippen LogP contribution in [0.5, 0.6) is 0 Å². The van der Waals surface area contributed by atoms with Gasteiger partial charge >= 0.3 is 5.97 Å². The minimum absolute atomic E-state index is 0.0847. The van der Waals surface area contributed by atoms with E-state index >= 15 is 0 Å². The van der Waals surface area contributed by atoms with E-state index in [0.29, 0.717) is 11.1 Å². The molecule has 0 saturated heterocycles. The van der Waals surface area contributed by atoms with E-state index in [1.165, 1.54) is 0 Å². The summed E-state index contributed by atoms with van der Waals surface area (Å²) in [4.78, 5) is 24.7. The van der Waals surface area contributed by atoms with Crippen molar-refractivity contribution >= 4 is 37.6 Å². The van der Waals surface area contributed by atoms with E-state index in [1.807, 2.05) is 19.1 Å². The molecule has 0 bridgehead atoms. The van der Waals surface area contributed by atoms with Gasteiger partial charge in [-0.15, -0.1) is 0 Å². The van der Waals surface area contributed by atoms with Crippen molar-refractivity contribution < 1.29 is 22.7 Å². The van der Waals surface area contributed by atoms with Gasteiger partial charge in [-0.05, 0) is 44.0 Å². The van der Waals surface area contributed by atoms with Crippen LogP contribution >= 0.6 is 15.9 Å². The highest BCUT2D eigenvalue weighted by atomic mass is 79.9. The average molecular weight is 496 g/mol. The quantitative estimate of drug-likeness (QED) is 0.533. The number of esters is 1. The second-order valence-electron chi connectivity index (χ2n) is 7.44. The summed E-state index contributed by atoms with van der Waals surface area (Å²) in [6, 6.07) is 13.6. The summed E-state index contributed by atoms with van der Waals surface area (Å²) in [6.07, 6.45) is -0.365. The van der Waals surface area contributed by atoms with Crippen LogP contribution in [0, 0.1) is 6.92 Å². The molecule has 0 spiro atoms. The number of sulfone groups is 1. The molecule has 0 aliphatic rings. The van der Waals surface area contributed by atoms with Crippen molar-refractivity contribution in [3.8, 4) is 0 Å². The SMILES string of the molecule is Cc1ccc(C(CC(=O)OC(C)C)NC(=O)CS(=O)(=O)Cc2cccc(Br)c2)cc1. The fraction of sp³-hybridized carbons (Fsp3) is 0.364. The molecule has 2 aromatic carbocycles. The summed E-state index contributed by atoms with van der Waals surface area (Å²) in [7, 11) is -3.68. The first kappa shape index (κ1) is 24.1. The fourth-order valence-corrected chi connectivity index (χ4v) is 4.62. The largest absolute Gasteiger partial charge is 0.463 e. The zero-order chi connectivity index (χ0) is 22.3. The summed E-state index contributed by atoms with van der Waals surface area (Å²) in [5.74, 6) is -2.04. The number of rotatable bonds is 9. The molecule has 0 saturated carbocycles. The molecule has 0 heterocycles. The van der Waals surface area contributed by atoms with Gasteiger partial charge in [-0.3, -0.25) is 9.59 Å². The van der Waals surface area contributed by atoms with Crippen molar-refractivity contribution in [1.82, 2.24) is 5.32 Å². The highest BCUT2D eigenvalue weighted by Gasteiger charge is 2.23. The number of aryl methyl sites for hydroxylation is 1. The zero-order valence-corrected chi connectivity index (χ0v) is 19.6. The first-order valence-electron chi connectivity index (χ1n) is 9.54. The maximum Gasteiger partial charge on any atom is 0.308 e. The highest BCUT2D eigenvalue weighted by molar-refractivity contribution is 9.10. The molecule has 6 nitrogen and oxygen atoms in total. The fourth-order valence-electron chi connectivity index (χ4n) is 2.90. The van der Waals surface area contributed by atoms with E-state index in [-0.39, 0.29) is 18.3 Å². The van der Waals surface area contributed by atoms with Crippen LogP contribution in [0.25, 0.3) is 0 Å². The van der Waals surface area contributed by atoms with Gasteiger partial charge in [0.25, 0.3) is 0 Å². The van der Waals surface area contributed by atoms with Crippen LogP contribution in [0.4, 0.5) is 0 Å². The van der Waals surface area contributed by atoms with E-state index in [1.54, 1.807) is 50.2 Å². The van der Waals surface area contributed by atoms with E-state index in [4.69, 9.17) is 4.74 Å². The number of carbonyl (C=O) groups is 2. The van der Waals surface area contributed by atoms with Crippen LogP contribution < -0.4 is 5.32 Å². The Morgan fingerprint density at radius 3 is 2.37 bits per heavy atom. The van der Waals surface area contributed by atoms with Gasteiger partial charge in [-0.25, -0.2) is 8.42 Å². The predicted octanol–water partition coefficient (Wildman–Crippen LogP) is 3.87. The maximum absolute atomic E-state index is 12.5. The van der Waals surface area contributed by atoms with Gasteiger partial charge in [0.1, 0.15) is 5.75 Å². The Kier molecular flexibility index (Phi) is 8.61. The zero-order valence-electron chi connectivity index (χ0n) is 17.2. The van der Waals surface area contributed by atoms with Crippen LogP contribution in [0.3, 0.4) is 0 Å². The van der Waals surface area contributed by atoms with Gasteiger partial charge in [0, 0.05) is 4.47 Å². The topological polar surface area (TPSA) is 89.5 Å². The summed E-state index contributed by atoms with van der Waals surface area (Å²) in [6.45, 7) is 5.41. The highest BCUT2D eigenvalue weighted by Crippen LogP contribution is 2.19. The maximum atomic E-state index is 12.5. The molecule has 1 amide bonds. The second-order valence-corrected chi connectivity index (χ2v) is 10.4. The van der Waals surface area contributed by atoms with Gasteiger partial charge in [-0.1, -0.05) is 57.9 Å². The molecule has 0 aromatic heterocycles. The van der Waals surface area contributed by atoms with Crippen molar-refractivity contribution in [1.29, 1.82) is 0 Å². The van der Waals surface area contributed by atoms with Crippen molar-refractivity contribution in [2.75, 3.05) is 5.75 Å². The Morgan fingerprint density at radius 2 is 1.77 bits per heavy atom. The Bertz CT molecular complexity index is 987. The summed E-state index contributed by atoms with van der Waals surface area (Å²) in [5, 5.41) is 2.68. The minimum Gasteiger partial charge on any atom is -0.463 e. The molecular formula is C22H26BrNO5S. The number of halogens is 1. The molecule has 0 aliphatic carbocycles. The van der Waals surface area contributed by atoms with Crippen molar-refractivity contribution in [2.45, 2.75) is 45.1 Å². The van der Waals surface area contributed by atoms with Crippen LogP contribution in [0.1, 0.15) is 43.0 Å². The van der Waals surface area contributed by atoms with Crippen LogP contribution in [-0.4, -0.2) is 32.2 Å². The van der Waals surface area contributed by atoms with Crippen molar-refractivity contribution in [3.63, 3.8) is 0 Å². The number of carbonyl (C=O) groups excluding carboxylic acids is 2. The number of hydrogen-bond donors (Lipinski definition) is 1. The summed E-state index contributed by atoms with van der Waals surface area (Å²) in [5.41, 5.74) is 2.33. The van der Waals surface area contributed by atoms with Crippen LogP contribution in [0.15, 0.2) is 53.0 Å². The van der Waals surface area contributed by atoms with Crippen molar-refractivity contribution in [2.24, 2.45) is 0 Å². The normalized spacial score (nSPS) is 12.4. The standard InChI is InChI=1S/C22H26BrNO5S/c1-15(2)29-22(26)12-20(18-9-7-16(3)8-10-18)24-21(25)14-30(27,28)13-17-5-4-6-19(23)11-17/h4-11,15,20H,12-14H2,1-3H3,(H,24,25). The molecule has 2 rings (SSSR count). The number of ether oxygens (including phenoxy) is 1. The first-order chi connectivity index (χ1) is 14.0. The molecule has 0 radical (unpaired) electrons. The second kappa shape index (κ2) is 10.7. The molecular weight excluding hydrogens is 470 g/mol. The Morgan fingerprint density at radius 1 is 1.10 bits per heavy atom. The number of hydrogen-bond acceptors (Lipinski definition) is 5. The van der Waals surface area contributed by atoms with E-state index in [0.717, 1.165) is 10.0 Å². The molecule has 2 aromatic rings. The van der Waals surface area contributed by atoms with E-state index < -0.39 is 33.5 Å². The molecule has 162 valence electrons. The van der Waals surface area contributed by atoms with Crippen LogP contribution in [-0.2, 0) is 29.9 Å².